The fraction of sp³-hybridized carbons (Fsp3) is 0.160. The molecule has 0 saturated heterocycles. The number of carboxylic acids is 1. The number of amides is 1. The number of hydrogen-bond acceptors (Lipinski definition) is 5. The van der Waals surface area contributed by atoms with Gasteiger partial charge in [0.15, 0.2) is 0 Å². The van der Waals surface area contributed by atoms with Gasteiger partial charge < -0.3 is 19.9 Å². The molecule has 0 aliphatic rings. The minimum atomic E-state index is -1.14. The van der Waals surface area contributed by atoms with Gasteiger partial charge in [0.05, 0.1) is 0 Å². The van der Waals surface area contributed by atoms with Gasteiger partial charge in [-0.05, 0) is 47.5 Å². The maximum atomic E-state index is 12.5. The third kappa shape index (κ3) is 6.70. The number of esters is 1. The molecular weight excluding hydrogens is 410 g/mol. The molecule has 0 aromatic heterocycles. The number of ether oxygens (including phenoxy) is 2. The minimum absolute atomic E-state index is 0.117. The third-order valence-electron chi connectivity index (χ3n) is 4.59. The van der Waals surface area contributed by atoms with E-state index in [0.29, 0.717) is 18.1 Å². The zero-order valence-electron chi connectivity index (χ0n) is 17.5. The molecule has 32 heavy (non-hydrogen) atoms. The summed E-state index contributed by atoms with van der Waals surface area (Å²) in [7, 11) is 0. The summed E-state index contributed by atoms with van der Waals surface area (Å²) in [5.41, 5.74) is 2.05. The zero-order chi connectivity index (χ0) is 22.9. The second-order valence-corrected chi connectivity index (χ2v) is 7.10. The summed E-state index contributed by atoms with van der Waals surface area (Å²) in [6, 6.07) is 21.6. The number of aliphatic carboxylic acids is 1. The molecule has 2 N–H and O–H groups in total. The van der Waals surface area contributed by atoms with Crippen LogP contribution in [0.2, 0.25) is 0 Å². The molecule has 3 aromatic carbocycles. The van der Waals surface area contributed by atoms with Crippen LogP contribution in [-0.2, 0) is 22.6 Å². The molecule has 0 aliphatic heterocycles. The molecule has 7 heteroatoms. The molecule has 0 bridgehead atoms. The highest BCUT2D eigenvalue weighted by Crippen LogP contribution is 2.16. The number of carbonyl (C=O) groups excluding carboxylic acids is 2. The van der Waals surface area contributed by atoms with Crippen LogP contribution in [0.15, 0.2) is 78.9 Å². The van der Waals surface area contributed by atoms with Crippen molar-refractivity contribution in [3.63, 3.8) is 0 Å². The minimum Gasteiger partial charge on any atom is -0.489 e. The van der Waals surface area contributed by atoms with Crippen molar-refractivity contribution in [1.82, 2.24) is 5.32 Å². The number of benzene rings is 3. The standard InChI is InChI=1S/C25H23NO6/c1-17(27)32-22-13-9-20(10-14-22)24(28)26-23(25(29)30)15-18-7-11-21(12-8-18)31-16-19-5-3-2-4-6-19/h2-14,23H,15-16H2,1H3,(H,26,28)(H,29,30)/t23-/m0/s1. The summed E-state index contributed by atoms with van der Waals surface area (Å²) in [5.74, 6) is -1.17. The first-order valence-corrected chi connectivity index (χ1v) is 9.98. The summed E-state index contributed by atoms with van der Waals surface area (Å²) >= 11 is 0. The van der Waals surface area contributed by atoms with Crippen molar-refractivity contribution in [3.8, 4) is 11.5 Å². The van der Waals surface area contributed by atoms with E-state index in [1.54, 1.807) is 24.3 Å². The van der Waals surface area contributed by atoms with E-state index in [1.165, 1.54) is 31.2 Å². The lowest BCUT2D eigenvalue weighted by atomic mass is 10.1. The third-order valence-corrected chi connectivity index (χ3v) is 4.59. The van der Waals surface area contributed by atoms with Gasteiger partial charge in [-0.3, -0.25) is 9.59 Å². The normalized spacial score (nSPS) is 11.3. The van der Waals surface area contributed by atoms with Gasteiger partial charge in [-0.25, -0.2) is 4.79 Å². The number of rotatable bonds is 9. The molecule has 1 atom stereocenters. The predicted octanol–water partition coefficient (Wildman–Crippen LogP) is 3.62. The van der Waals surface area contributed by atoms with Crippen LogP contribution in [0.25, 0.3) is 0 Å². The molecule has 0 unspecified atom stereocenters. The molecule has 3 rings (SSSR count). The molecule has 0 heterocycles. The Morgan fingerprint density at radius 2 is 1.47 bits per heavy atom. The summed E-state index contributed by atoms with van der Waals surface area (Å²) in [6.07, 6.45) is 0.117. The van der Waals surface area contributed by atoms with Gasteiger partial charge in [0.25, 0.3) is 5.91 Å². The molecule has 0 radical (unpaired) electrons. The Morgan fingerprint density at radius 1 is 0.844 bits per heavy atom. The fourth-order valence-electron chi connectivity index (χ4n) is 2.98. The Hall–Kier alpha value is -4.13. The van der Waals surface area contributed by atoms with E-state index in [2.05, 4.69) is 5.32 Å². The van der Waals surface area contributed by atoms with E-state index >= 15 is 0 Å². The molecule has 0 fully saturated rings. The lowest BCUT2D eigenvalue weighted by Crippen LogP contribution is -2.42. The van der Waals surface area contributed by atoms with E-state index in [0.717, 1.165) is 11.1 Å². The van der Waals surface area contributed by atoms with Gasteiger partial charge in [-0.1, -0.05) is 42.5 Å². The highest BCUT2D eigenvalue weighted by atomic mass is 16.5. The van der Waals surface area contributed by atoms with Crippen molar-refractivity contribution < 1.29 is 29.0 Å². The Morgan fingerprint density at radius 3 is 2.06 bits per heavy atom. The van der Waals surface area contributed by atoms with Crippen molar-refractivity contribution in [3.05, 3.63) is 95.6 Å². The van der Waals surface area contributed by atoms with Gasteiger partial charge >= 0.3 is 11.9 Å². The number of carboxylic acid groups (broad SMARTS) is 1. The average Bonchev–Trinajstić information content (AvgIpc) is 2.79. The first-order valence-electron chi connectivity index (χ1n) is 9.98. The molecule has 0 saturated carbocycles. The van der Waals surface area contributed by atoms with Crippen LogP contribution in [0.1, 0.15) is 28.4 Å². The smallest absolute Gasteiger partial charge is 0.326 e. The van der Waals surface area contributed by atoms with Gasteiger partial charge in [0.2, 0.25) is 0 Å². The summed E-state index contributed by atoms with van der Waals surface area (Å²) < 4.78 is 10.7. The van der Waals surface area contributed by atoms with E-state index < -0.39 is 23.9 Å². The van der Waals surface area contributed by atoms with Gasteiger partial charge in [0, 0.05) is 18.9 Å². The Labute approximate surface area is 185 Å². The largest absolute Gasteiger partial charge is 0.489 e. The quantitative estimate of drug-likeness (QED) is 0.395. The predicted molar refractivity (Wildman–Crippen MR) is 118 cm³/mol. The molecule has 1 amide bonds. The summed E-state index contributed by atoms with van der Waals surface area (Å²) in [4.78, 5) is 35.1. The fourth-order valence-corrected chi connectivity index (χ4v) is 2.98. The van der Waals surface area contributed by atoms with Gasteiger partial charge in [-0.15, -0.1) is 0 Å². The van der Waals surface area contributed by atoms with Crippen LogP contribution in [0, 0.1) is 0 Å². The zero-order valence-corrected chi connectivity index (χ0v) is 17.5. The Bertz CT molecular complexity index is 1060. The van der Waals surface area contributed by atoms with Crippen LogP contribution < -0.4 is 14.8 Å². The van der Waals surface area contributed by atoms with Gasteiger partial charge in [0.1, 0.15) is 24.1 Å². The summed E-state index contributed by atoms with van der Waals surface area (Å²) in [6.45, 7) is 1.71. The van der Waals surface area contributed by atoms with Crippen LogP contribution in [0.4, 0.5) is 0 Å². The van der Waals surface area contributed by atoms with Crippen LogP contribution >= 0.6 is 0 Å². The lowest BCUT2D eigenvalue weighted by Gasteiger charge is -2.15. The average molecular weight is 433 g/mol. The van der Waals surface area contributed by atoms with Crippen molar-refractivity contribution in [2.75, 3.05) is 0 Å². The van der Waals surface area contributed by atoms with Crippen LogP contribution in [-0.4, -0.2) is 29.0 Å². The molecule has 164 valence electrons. The lowest BCUT2D eigenvalue weighted by molar-refractivity contribution is -0.139. The van der Waals surface area contributed by atoms with Crippen LogP contribution in [0.5, 0.6) is 11.5 Å². The second kappa shape index (κ2) is 10.8. The van der Waals surface area contributed by atoms with Crippen molar-refractivity contribution >= 4 is 17.8 Å². The number of hydrogen-bond donors (Lipinski definition) is 2. The van der Waals surface area contributed by atoms with Crippen molar-refractivity contribution in [2.45, 2.75) is 26.0 Å². The first-order chi connectivity index (χ1) is 15.4. The monoisotopic (exact) mass is 433 g/mol. The molecule has 7 nitrogen and oxygen atoms in total. The molecular formula is C25H23NO6. The highest BCUT2D eigenvalue weighted by Gasteiger charge is 2.21. The summed E-state index contributed by atoms with van der Waals surface area (Å²) in [5, 5.41) is 12.1. The van der Waals surface area contributed by atoms with E-state index in [1.807, 2.05) is 30.3 Å². The van der Waals surface area contributed by atoms with E-state index in [-0.39, 0.29) is 12.0 Å². The Balaban J connectivity index is 1.58. The van der Waals surface area contributed by atoms with Crippen LogP contribution in [0.3, 0.4) is 0 Å². The second-order valence-electron chi connectivity index (χ2n) is 7.10. The highest BCUT2D eigenvalue weighted by molar-refractivity contribution is 5.96. The van der Waals surface area contributed by atoms with Gasteiger partial charge in [-0.2, -0.15) is 0 Å². The van der Waals surface area contributed by atoms with Crippen molar-refractivity contribution in [1.29, 1.82) is 0 Å². The molecule has 0 aliphatic carbocycles. The van der Waals surface area contributed by atoms with E-state index in [4.69, 9.17) is 9.47 Å². The van der Waals surface area contributed by atoms with E-state index in [9.17, 15) is 19.5 Å². The SMILES string of the molecule is CC(=O)Oc1ccc(C(=O)N[C@@H](Cc2ccc(OCc3ccccc3)cc2)C(=O)O)cc1. The molecule has 3 aromatic rings. The number of nitrogens with one attached hydrogen (secondary N) is 1. The number of carbonyl (C=O) groups is 3. The topological polar surface area (TPSA) is 102 Å². The first kappa shape index (κ1) is 22.6. The molecule has 0 spiro atoms. The van der Waals surface area contributed by atoms with Crippen molar-refractivity contribution in [2.24, 2.45) is 0 Å². The maximum Gasteiger partial charge on any atom is 0.326 e. The Kier molecular flexibility index (Phi) is 7.59. The maximum absolute atomic E-state index is 12.5.